The van der Waals surface area contributed by atoms with Crippen LogP contribution >= 0.6 is 0 Å². The summed E-state index contributed by atoms with van der Waals surface area (Å²) in [6, 6.07) is 4.91. The number of carbonyl (C=O) groups excluding carboxylic acids is 1. The maximum atomic E-state index is 12.2. The summed E-state index contributed by atoms with van der Waals surface area (Å²) in [6.07, 6.45) is 3.89. The molecular weight excluding hydrogens is 316 g/mol. The van der Waals surface area contributed by atoms with Gasteiger partial charge in [-0.05, 0) is 25.0 Å². The standard InChI is InChI=1S/C15H18N4O5/c1-24-12(20)8-3-2-5-9-16-14-13(19(22)23)15(21)18-10-6-4-7-11(18)17-14/h4,6-7,10,16H,2-3,5,8-9H2,1H3. The molecule has 128 valence electrons. The van der Waals surface area contributed by atoms with E-state index in [-0.39, 0.29) is 11.8 Å². The second-order valence-electron chi connectivity index (χ2n) is 5.11. The molecule has 0 spiro atoms. The third-order valence-corrected chi connectivity index (χ3v) is 3.47. The first-order valence-corrected chi connectivity index (χ1v) is 7.51. The first kappa shape index (κ1) is 17.4. The molecule has 0 bridgehead atoms. The van der Waals surface area contributed by atoms with Crippen LogP contribution in [0.25, 0.3) is 5.65 Å². The van der Waals surface area contributed by atoms with Gasteiger partial charge in [-0.25, -0.2) is 4.98 Å². The Labute approximate surface area is 137 Å². The lowest BCUT2D eigenvalue weighted by Gasteiger charge is -2.07. The topological polar surface area (TPSA) is 116 Å². The van der Waals surface area contributed by atoms with Gasteiger partial charge in [0, 0.05) is 19.2 Å². The van der Waals surface area contributed by atoms with Crippen LogP contribution in [0.15, 0.2) is 29.2 Å². The number of esters is 1. The second-order valence-corrected chi connectivity index (χ2v) is 5.11. The van der Waals surface area contributed by atoms with Gasteiger partial charge in [0.2, 0.25) is 5.82 Å². The van der Waals surface area contributed by atoms with E-state index in [1.165, 1.54) is 13.3 Å². The third-order valence-electron chi connectivity index (χ3n) is 3.47. The van der Waals surface area contributed by atoms with Gasteiger partial charge in [-0.3, -0.25) is 24.1 Å². The fraction of sp³-hybridized carbons (Fsp3) is 0.400. The van der Waals surface area contributed by atoms with E-state index >= 15 is 0 Å². The van der Waals surface area contributed by atoms with Gasteiger partial charge in [0.15, 0.2) is 0 Å². The van der Waals surface area contributed by atoms with Crippen molar-refractivity contribution in [2.24, 2.45) is 0 Å². The monoisotopic (exact) mass is 334 g/mol. The van der Waals surface area contributed by atoms with Crippen molar-refractivity contribution in [3.63, 3.8) is 0 Å². The number of anilines is 1. The Morgan fingerprint density at radius 1 is 1.38 bits per heavy atom. The summed E-state index contributed by atoms with van der Waals surface area (Å²) in [4.78, 5) is 37.8. The summed E-state index contributed by atoms with van der Waals surface area (Å²) < 4.78 is 5.68. The molecule has 0 aliphatic heterocycles. The fourth-order valence-electron chi connectivity index (χ4n) is 2.25. The first-order chi connectivity index (χ1) is 11.5. The van der Waals surface area contributed by atoms with Crippen molar-refractivity contribution in [2.45, 2.75) is 25.7 Å². The highest BCUT2D eigenvalue weighted by Crippen LogP contribution is 2.18. The first-order valence-electron chi connectivity index (χ1n) is 7.51. The van der Waals surface area contributed by atoms with E-state index in [9.17, 15) is 19.7 Å². The fourth-order valence-corrected chi connectivity index (χ4v) is 2.25. The maximum Gasteiger partial charge on any atom is 0.376 e. The number of nitrogens with zero attached hydrogens (tertiary/aromatic N) is 3. The van der Waals surface area contributed by atoms with Crippen LogP contribution < -0.4 is 10.9 Å². The smallest absolute Gasteiger partial charge is 0.376 e. The number of hydrogen-bond acceptors (Lipinski definition) is 7. The second kappa shape index (κ2) is 8.04. The molecule has 2 aromatic heterocycles. The molecule has 2 heterocycles. The molecule has 0 saturated carbocycles. The van der Waals surface area contributed by atoms with Crippen LogP contribution in [0.4, 0.5) is 11.5 Å². The molecule has 0 unspecified atom stereocenters. The van der Waals surface area contributed by atoms with E-state index in [2.05, 4.69) is 15.0 Å². The lowest BCUT2D eigenvalue weighted by Crippen LogP contribution is -2.21. The molecule has 0 atom stereocenters. The van der Waals surface area contributed by atoms with E-state index in [1.54, 1.807) is 18.2 Å². The largest absolute Gasteiger partial charge is 0.469 e. The number of pyridine rings is 1. The van der Waals surface area contributed by atoms with Crippen molar-refractivity contribution < 1.29 is 14.5 Å². The minimum atomic E-state index is -0.728. The highest BCUT2D eigenvalue weighted by molar-refractivity contribution is 5.69. The lowest BCUT2D eigenvalue weighted by atomic mass is 10.2. The van der Waals surface area contributed by atoms with Gasteiger partial charge in [0.1, 0.15) is 5.65 Å². The molecule has 9 heteroatoms. The molecule has 24 heavy (non-hydrogen) atoms. The Bertz CT molecular complexity index is 802. The molecule has 9 nitrogen and oxygen atoms in total. The summed E-state index contributed by atoms with van der Waals surface area (Å²) in [5, 5.41) is 14.0. The van der Waals surface area contributed by atoms with Crippen LogP contribution in [0.5, 0.6) is 0 Å². The van der Waals surface area contributed by atoms with Crippen LogP contribution in [0, 0.1) is 10.1 Å². The number of unbranched alkanes of at least 4 members (excludes halogenated alkanes) is 2. The average molecular weight is 334 g/mol. The van der Waals surface area contributed by atoms with Crippen LogP contribution in [-0.2, 0) is 9.53 Å². The van der Waals surface area contributed by atoms with Gasteiger partial charge < -0.3 is 10.1 Å². The maximum absolute atomic E-state index is 12.2. The number of aromatic nitrogens is 2. The molecule has 0 aliphatic carbocycles. The van der Waals surface area contributed by atoms with Gasteiger partial charge in [0.25, 0.3) is 0 Å². The highest BCUT2D eigenvalue weighted by atomic mass is 16.6. The molecule has 0 amide bonds. The van der Waals surface area contributed by atoms with Crippen LogP contribution in [0.3, 0.4) is 0 Å². The van der Waals surface area contributed by atoms with E-state index < -0.39 is 16.2 Å². The summed E-state index contributed by atoms with van der Waals surface area (Å²) in [5.74, 6) is -0.299. The lowest BCUT2D eigenvalue weighted by molar-refractivity contribution is -0.385. The van der Waals surface area contributed by atoms with Gasteiger partial charge in [0.05, 0.1) is 12.0 Å². The zero-order valence-electron chi connectivity index (χ0n) is 13.2. The summed E-state index contributed by atoms with van der Waals surface area (Å²) in [7, 11) is 1.34. The Balaban J connectivity index is 2.05. The van der Waals surface area contributed by atoms with Gasteiger partial charge in [-0.2, -0.15) is 0 Å². The predicted octanol–water partition coefficient (Wildman–Crippen LogP) is 1.75. The highest BCUT2D eigenvalue weighted by Gasteiger charge is 2.22. The van der Waals surface area contributed by atoms with Crippen LogP contribution in [-0.4, -0.2) is 33.9 Å². The average Bonchev–Trinajstić information content (AvgIpc) is 2.57. The number of carbonyl (C=O) groups is 1. The van der Waals surface area contributed by atoms with Crippen LogP contribution in [0.2, 0.25) is 0 Å². The van der Waals surface area contributed by atoms with Crippen LogP contribution in [0.1, 0.15) is 25.7 Å². The summed E-state index contributed by atoms with van der Waals surface area (Å²) >= 11 is 0. The number of methoxy groups -OCH3 is 1. The zero-order valence-corrected chi connectivity index (χ0v) is 13.2. The van der Waals surface area contributed by atoms with Gasteiger partial charge >= 0.3 is 17.2 Å². The number of nitro groups is 1. The third kappa shape index (κ3) is 4.06. The van der Waals surface area contributed by atoms with Crippen molar-refractivity contribution >= 4 is 23.1 Å². The molecule has 0 aromatic carbocycles. The van der Waals surface area contributed by atoms with Gasteiger partial charge in [-0.15, -0.1) is 0 Å². The quantitative estimate of drug-likeness (QED) is 0.338. The molecule has 2 rings (SSSR count). The number of rotatable bonds is 8. The number of nitrogens with one attached hydrogen (secondary N) is 1. The van der Waals surface area contributed by atoms with Gasteiger partial charge in [-0.1, -0.05) is 12.5 Å². The van der Waals surface area contributed by atoms with E-state index in [4.69, 9.17) is 0 Å². The summed E-state index contributed by atoms with van der Waals surface area (Å²) in [5.41, 5.74) is -0.964. The molecule has 0 saturated heterocycles. The minimum Gasteiger partial charge on any atom is -0.469 e. The Morgan fingerprint density at radius 2 is 2.17 bits per heavy atom. The molecule has 0 aliphatic rings. The minimum absolute atomic E-state index is 0.0378. The number of fused-ring (bicyclic) bond motifs is 1. The molecular formula is C15H18N4O5. The van der Waals surface area contributed by atoms with Crippen molar-refractivity contribution in [1.82, 2.24) is 9.38 Å². The molecule has 0 fully saturated rings. The Morgan fingerprint density at radius 3 is 2.88 bits per heavy atom. The summed E-state index contributed by atoms with van der Waals surface area (Å²) in [6.45, 7) is 0.414. The number of hydrogen-bond donors (Lipinski definition) is 1. The van der Waals surface area contributed by atoms with Crippen molar-refractivity contribution in [1.29, 1.82) is 0 Å². The molecule has 2 aromatic rings. The Kier molecular flexibility index (Phi) is 5.83. The van der Waals surface area contributed by atoms with Crippen molar-refractivity contribution in [3.05, 3.63) is 44.9 Å². The predicted molar refractivity (Wildman–Crippen MR) is 87.1 cm³/mol. The van der Waals surface area contributed by atoms with E-state index in [0.717, 1.165) is 10.8 Å². The Hall–Kier alpha value is -2.97. The van der Waals surface area contributed by atoms with E-state index in [1.807, 2.05) is 0 Å². The zero-order chi connectivity index (χ0) is 17.5. The normalized spacial score (nSPS) is 10.5. The van der Waals surface area contributed by atoms with Crippen molar-refractivity contribution in [3.8, 4) is 0 Å². The number of ether oxygens (including phenoxy) is 1. The molecule has 0 radical (unpaired) electrons. The molecule has 1 N–H and O–H groups in total. The van der Waals surface area contributed by atoms with Crippen molar-refractivity contribution in [2.75, 3.05) is 19.0 Å². The van der Waals surface area contributed by atoms with E-state index in [0.29, 0.717) is 31.5 Å². The SMILES string of the molecule is COC(=O)CCCCCNc1nc2ccccn2c(=O)c1[N+](=O)[O-].